The fourth-order valence-corrected chi connectivity index (χ4v) is 2.28. The molecule has 19 heavy (non-hydrogen) atoms. The van der Waals surface area contributed by atoms with Gasteiger partial charge in [0, 0.05) is 23.7 Å². The zero-order valence-electron chi connectivity index (χ0n) is 10.8. The first-order chi connectivity index (χ1) is 9.28. The third-order valence-corrected chi connectivity index (χ3v) is 3.42. The molecule has 0 spiro atoms. The second kappa shape index (κ2) is 4.73. The van der Waals surface area contributed by atoms with Crippen LogP contribution in [0.4, 0.5) is 0 Å². The molecule has 2 aromatic carbocycles. The molecule has 0 aliphatic heterocycles. The van der Waals surface area contributed by atoms with Crippen molar-refractivity contribution in [3.05, 3.63) is 60.3 Å². The first-order valence-electron chi connectivity index (χ1n) is 6.48. The molecule has 1 aromatic heterocycles. The monoisotopic (exact) mass is 249 g/mol. The highest BCUT2D eigenvalue weighted by molar-refractivity contribution is 5.96. The van der Waals surface area contributed by atoms with Gasteiger partial charge in [0.05, 0.1) is 0 Å². The smallest absolute Gasteiger partial charge is 0.162 e. The van der Waals surface area contributed by atoms with Crippen LogP contribution in [0.3, 0.4) is 0 Å². The lowest BCUT2D eigenvalue weighted by atomic mass is 10.0. The summed E-state index contributed by atoms with van der Waals surface area (Å²) < 4.78 is 0. The molecule has 0 radical (unpaired) electrons. The maximum absolute atomic E-state index is 11.6. The molecule has 0 amide bonds. The summed E-state index contributed by atoms with van der Waals surface area (Å²) in [6, 6.07) is 16.2. The largest absolute Gasteiger partial charge is 0.361 e. The van der Waals surface area contributed by atoms with Crippen LogP contribution in [0.2, 0.25) is 0 Å². The van der Waals surface area contributed by atoms with E-state index >= 15 is 0 Å². The molecule has 0 aliphatic carbocycles. The summed E-state index contributed by atoms with van der Waals surface area (Å²) in [5.41, 5.74) is 4.20. The van der Waals surface area contributed by atoms with Gasteiger partial charge in [0.2, 0.25) is 0 Å². The van der Waals surface area contributed by atoms with Gasteiger partial charge >= 0.3 is 0 Å². The van der Waals surface area contributed by atoms with Crippen LogP contribution in [-0.4, -0.2) is 10.8 Å². The number of H-pyrrole nitrogens is 1. The minimum atomic E-state index is 0.186. The number of hydrogen-bond donors (Lipinski definition) is 1. The Morgan fingerprint density at radius 3 is 2.47 bits per heavy atom. The Morgan fingerprint density at radius 1 is 1.00 bits per heavy atom. The standard InChI is InChI=1S/C17H15NO/c1-2-17(19)14-6-3-12(4-7-14)15-8-5-13-9-10-18-16(13)11-15/h3-11,18H,2H2,1H3. The van der Waals surface area contributed by atoms with Crippen molar-refractivity contribution in [3.8, 4) is 11.1 Å². The van der Waals surface area contributed by atoms with Gasteiger partial charge in [0.15, 0.2) is 5.78 Å². The summed E-state index contributed by atoms with van der Waals surface area (Å²) in [6.45, 7) is 1.88. The van der Waals surface area contributed by atoms with Crippen molar-refractivity contribution in [2.75, 3.05) is 0 Å². The average Bonchev–Trinajstić information content (AvgIpc) is 2.94. The second-order valence-corrected chi connectivity index (χ2v) is 4.63. The fraction of sp³-hybridized carbons (Fsp3) is 0.118. The van der Waals surface area contributed by atoms with Crippen LogP contribution in [0.1, 0.15) is 23.7 Å². The van der Waals surface area contributed by atoms with Crippen molar-refractivity contribution in [2.24, 2.45) is 0 Å². The van der Waals surface area contributed by atoms with Crippen LogP contribution < -0.4 is 0 Å². The van der Waals surface area contributed by atoms with Gasteiger partial charge in [0.25, 0.3) is 0 Å². The molecular formula is C17H15NO. The summed E-state index contributed by atoms with van der Waals surface area (Å²) in [7, 11) is 0. The van der Waals surface area contributed by atoms with Crippen LogP contribution in [0.15, 0.2) is 54.7 Å². The number of aromatic amines is 1. The molecule has 94 valence electrons. The second-order valence-electron chi connectivity index (χ2n) is 4.63. The molecule has 1 N–H and O–H groups in total. The van der Waals surface area contributed by atoms with E-state index < -0.39 is 0 Å². The average molecular weight is 249 g/mol. The molecule has 0 fully saturated rings. The summed E-state index contributed by atoms with van der Waals surface area (Å²) in [5.74, 6) is 0.186. The third kappa shape index (κ3) is 2.17. The summed E-state index contributed by atoms with van der Waals surface area (Å²) in [5, 5.41) is 1.21. The first kappa shape index (κ1) is 11.7. The molecule has 0 atom stereocenters. The Labute approximate surface area is 112 Å². The Hall–Kier alpha value is -2.35. The summed E-state index contributed by atoms with van der Waals surface area (Å²) in [6.07, 6.45) is 2.49. The van der Waals surface area contributed by atoms with Gasteiger partial charge in [-0.25, -0.2) is 0 Å². The minimum Gasteiger partial charge on any atom is -0.361 e. The van der Waals surface area contributed by atoms with Crippen LogP contribution in [-0.2, 0) is 0 Å². The number of nitrogens with one attached hydrogen (secondary N) is 1. The SMILES string of the molecule is CCC(=O)c1ccc(-c2ccc3cc[nH]c3c2)cc1. The number of aromatic nitrogens is 1. The normalized spacial score (nSPS) is 10.8. The zero-order chi connectivity index (χ0) is 13.2. The molecular weight excluding hydrogens is 234 g/mol. The molecule has 3 rings (SSSR count). The lowest BCUT2D eigenvalue weighted by Crippen LogP contribution is -1.95. The van der Waals surface area contributed by atoms with Crippen LogP contribution in [0.25, 0.3) is 22.0 Å². The van der Waals surface area contributed by atoms with Crippen molar-refractivity contribution in [3.63, 3.8) is 0 Å². The van der Waals surface area contributed by atoms with Gasteiger partial charge in [-0.3, -0.25) is 4.79 Å². The molecule has 0 aliphatic rings. The van der Waals surface area contributed by atoms with Crippen LogP contribution >= 0.6 is 0 Å². The number of carbonyl (C=O) groups is 1. The van der Waals surface area contributed by atoms with Crippen molar-refractivity contribution in [1.82, 2.24) is 4.98 Å². The van der Waals surface area contributed by atoms with E-state index in [2.05, 4.69) is 29.2 Å². The van der Waals surface area contributed by atoms with E-state index in [1.165, 1.54) is 5.39 Å². The molecule has 0 saturated heterocycles. The number of benzene rings is 2. The Morgan fingerprint density at radius 2 is 1.74 bits per heavy atom. The predicted molar refractivity (Wildman–Crippen MR) is 78.4 cm³/mol. The number of fused-ring (bicyclic) bond motifs is 1. The van der Waals surface area contributed by atoms with Gasteiger partial charge in [0.1, 0.15) is 0 Å². The highest BCUT2D eigenvalue weighted by atomic mass is 16.1. The number of hydrogen-bond acceptors (Lipinski definition) is 1. The minimum absolute atomic E-state index is 0.186. The maximum atomic E-state index is 11.6. The van der Waals surface area contributed by atoms with E-state index in [1.54, 1.807) is 0 Å². The molecule has 0 saturated carbocycles. The summed E-state index contributed by atoms with van der Waals surface area (Å²) in [4.78, 5) is 14.8. The van der Waals surface area contributed by atoms with Crippen LogP contribution in [0, 0.1) is 0 Å². The quantitative estimate of drug-likeness (QED) is 0.684. The van der Waals surface area contributed by atoms with Gasteiger partial charge < -0.3 is 4.98 Å². The predicted octanol–water partition coefficient (Wildman–Crippen LogP) is 4.43. The lowest BCUT2D eigenvalue weighted by Gasteiger charge is -2.04. The summed E-state index contributed by atoms with van der Waals surface area (Å²) >= 11 is 0. The number of ketones is 1. The fourth-order valence-electron chi connectivity index (χ4n) is 2.28. The Kier molecular flexibility index (Phi) is 2.92. The molecule has 0 unspecified atom stereocenters. The van der Waals surface area contributed by atoms with Gasteiger partial charge in [-0.05, 0) is 28.6 Å². The van der Waals surface area contributed by atoms with Crippen molar-refractivity contribution >= 4 is 16.7 Å². The van der Waals surface area contributed by atoms with E-state index in [4.69, 9.17) is 0 Å². The molecule has 1 heterocycles. The van der Waals surface area contributed by atoms with Gasteiger partial charge in [-0.15, -0.1) is 0 Å². The van der Waals surface area contributed by atoms with Crippen molar-refractivity contribution in [1.29, 1.82) is 0 Å². The maximum Gasteiger partial charge on any atom is 0.162 e. The van der Waals surface area contributed by atoms with E-state index in [0.717, 1.165) is 22.2 Å². The molecule has 3 aromatic rings. The highest BCUT2D eigenvalue weighted by Crippen LogP contribution is 2.24. The zero-order valence-corrected chi connectivity index (χ0v) is 10.8. The topological polar surface area (TPSA) is 32.9 Å². The van der Waals surface area contributed by atoms with E-state index in [-0.39, 0.29) is 5.78 Å². The lowest BCUT2D eigenvalue weighted by molar-refractivity contribution is 0.0988. The molecule has 2 heteroatoms. The third-order valence-electron chi connectivity index (χ3n) is 3.42. The Bertz CT molecular complexity index is 722. The van der Waals surface area contributed by atoms with Crippen molar-refractivity contribution in [2.45, 2.75) is 13.3 Å². The molecule has 0 bridgehead atoms. The number of Topliss-reactive ketones (excluding diaryl/α,β-unsaturated/α-hetero) is 1. The molecule has 2 nitrogen and oxygen atoms in total. The van der Waals surface area contributed by atoms with Crippen LogP contribution in [0.5, 0.6) is 0 Å². The van der Waals surface area contributed by atoms with Gasteiger partial charge in [-0.2, -0.15) is 0 Å². The van der Waals surface area contributed by atoms with Crippen molar-refractivity contribution < 1.29 is 4.79 Å². The first-order valence-corrected chi connectivity index (χ1v) is 6.48. The van der Waals surface area contributed by atoms with E-state index in [0.29, 0.717) is 6.42 Å². The van der Waals surface area contributed by atoms with Gasteiger partial charge in [-0.1, -0.05) is 43.3 Å². The number of rotatable bonds is 3. The van der Waals surface area contributed by atoms with E-state index in [1.807, 2.05) is 37.4 Å². The Balaban J connectivity index is 1.99. The number of carbonyl (C=O) groups excluding carboxylic acids is 1. The highest BCUT2D eigenvalue weighted by Gasteiger charge is 2.04. The van der Waals surface area contributed by atoms with E-state index in [9.17, 15) is 4.79 Å².